The molecule has 0 radical (unpaired) electrons. The first kappa shape index (κ1) is 16.6. The van der Waals surface area contributed by atoms with Gasteiger partial charge >= 0.3 is 0 Å². The Kier molecular flexibility index (Phi) is 5.02. The minimum absolute atomic E-state index is 0.337. The molecule has 25 heavy (non-hydrogen) atoms. The number of fused-ring (bicyclic) bond motifs is 2. The molecule has 0 fully saturated rings. The summed E-state index contributed by atoms with van der Waals surface area (Å²) in [5, 5.41) is 10.6. The Bertz CT molecular complexity index is 719. The normalized spacial score (nSPS) is 19.4. The molecule has 0 amide bonds. The lowest BCUT2D eigenvalue weighted by Gasteiger charge is -2.32. The van der Waals surface area contributed by atoms with E-state index in [4.69, 9.17) is 4.74 Å². The monoisotopic (exact) mass is 338 g/mol. The molecule has 2 aliphatic rings. The number of aliphatic hydroxyl groups is 1. The molecule has 2 aliphatic heterocycles. The van der Waals surface area contributed by atoms with E-state index in [0.29, 0.717) is 13.2 Å². The maximum Gasteiger partial charge on any atom is 0.123 e. The summed E-state index contributed by atoms with van der Waals surface area (Å²) >= 11 is 0. The van der Waals surface area contributed by atoms with E-state index >= 15 is 0 Å². The molecular formula is C21H26N2O2. The summed E-state index contributed by atoms with van der Waals surface area (Å²) in [6.45, 7) is 5.77. The minimum atomic E-state index is -0.337. The summed E-state index contributed by atoms with van der Waals surface area (Å²) in [6, 6.07) is 16.8. The van der Waals surface area contributed by atoms with Gasteiger partial charge < -0.3 is 9.84 Å². The Morgan fingerprint density at radius 2 is 1.48 bits per heavy atom. The van der Waals surface area contributed by atoms with Gasteiger partial charge in [0, 0.05) is 44.8 Å². The van der Waals surface area contributed by atoms with Gasteiger partial charge in [0.05, 0.1) is 6.10 Å². The molecule has 1 unspecified atom stereocenters. The van der Waals surface area contributed by atoms with Gasteiger partial charge in [-0.25, -0.2) is 0 Å². The first-order valence-corrected chi connectivity index (χ1v) is 9.18. The number of nitrogens with zero attached hydrogens (tertiary/aromatic N) is 2. The van der Waals surface area contributed by atoms with Crippen molar-refractivity contribution in [2.24, 2.45) is 0 Å². The lowest BCUT2D eigenvalue weighted by atomic mass is 10.00. The molecule has 4 nitrogen and oxygen atoms in total. The molecule has 4 rings (SSSR count). The summed E-state index contributed by atoms with van der Waals surface area (Å²) < 4.78 is 5.82. The highest BCUT2D eigenvalue weighted by atomic mass is 16.5. The molecule has 2 aromatic rings. The van der Waals surface area contributed by atoms with Crippen molar-refractivity contribution in [3.8, 4) is 5.75 Å². The van der Waals surface area contributed by atoms with Crippen molar-refractivity contribution in [3.63, 3.8) is 0 Å². The molecule has 0 saturated heterocycles. The van der Waals surface area contributed by atoms with Gasteiger partial charge in [-0.1, -0.05) is 42.5 Å². The zero-order valence-electron chi connectivity index (χ0n) is 14.6. The molecule has 0 aliphatic carbocycles. The first-order valence-electron chi connectivity index (χ1n) is 9.18. The van der Waals surface area contributed by atoms with Crippen LogP contribution in [0.4, 0.5) is 0 Å². The number of β-amino-alcohol motifs (C(OH)–C–C–N with tert-alkyl or cyclic N) is 1. The number of aliphatic hydroxyl groups excluding tert-OH is 1. The molecular weight excluding hydrogens is 312 g/mol. The molecule has 2 heterocycles. The van der Waals surface area contributed by atoms with E-state index in [0.717, 1.165) is 44.9 Å². The van der Waals surface area contributed by atoms with Gasteiger partial charge in [-0.3, -0.25) is 9.80 Å². The molecule has 132 valence electrons. The lowest BCUT2D eigenvalue weighted by Crippen LogP contribution is -2.42. The summed E-state index contributed by atoms with van der Waals surface area (Å²) in [7, 11) is 0. The van der Waals surface area contributed by atoms with Crippen LogP contribution in [0.5, 0.6) is 5.75 Å². The fraction of sp³-hybridized carbons (Fsp3) is 0.429. The van der Waals surface area contributed by atoms with Crippen LogP contribution in [-0.4, -0.2) is 53.8 Å². The largest absolute Gasteiger partial charge is 0.492 e. The number of ether oxygens (including phenoxy) is 1. The maximum absolute atomic E-state index is 10.6. The predicted molar refractivity (Wildman–Crippen MR) is 98.6 cm³/mol. The SMILES string of the molecule is OC(CN1CCc2ccccc2C1)CN1CCOc2ccccc2C1. The molecule has 0 bridgehead atoms. The highest BCUT2D eigenvalue weighted by Crippen LogP contribution is 2.23. The Hall–Kier alpha value is -1.88. The minimum Gasteiger partial charge on any atom is -0.492 e. The van der Waals surface area contributed by atoms with Gasteiger partial charge in [0.2, 0.25) is 0 Å². The molecule has 1 N–H and O–H groups in total. The molecule has 1 atom stereocenters. The van der Waals surface area contributed by atoms with Crippen molar-refractivity contribution in [3.05, 3.63) is 65.2 Å². The topological polar surface area (TPSA) is 35.9 Å². The van der Waals surface area contributed by atoms with Crippen molar-refractivity contribution in [1.82, 2.24) is 9.80 Å². The number of benzene rings is 2. The second-order valence-corrected chi connectivity index (χ2v) is 7.10. The van der Waals surface area contributed by atoms with Crippen molar-refractivity contribution in [2.45, 2.75) is 25.6 Å². The number of hydrogen-bond donors (Lipinski definition) is 1. The highest BCUT2D eigenvalue weighted by molar-refractivity contribution is 5.33. The van der Waals surface area contributed by atoms with Crippen LogP contribution in [0.15, 0.2) is 48.5 Å². The van der Waals surface area contributed by atoms with Gasteiger partial charge in [0.15, 0.2) is 0 Å². The van der Waals surface area contributed by atoms with E-state index < -0.39 is 0 Å². The van der Waals surface area contributed by atoms with Gasteiger partial charge in [-0.05, 0) is 23.6 Å². The van der Waals surface area contributed by atoms with Crippen LogP contribution in [0.2, 0.25) is 0 Å². The third-order valence-electron chi connectivity index (χ3n) is 5.18. The average Bonchev–Trinajstić information content (AvgIpc) is 2.83. The standard InChI is InChI=1S/C21H26N2O2/c24-20(15-22-10-9-17-5-1-2-6-18(17)13-22)16-23-11-12-25-21-8-4-3-7-19(21)14-23/h1-8,20,24H,9-16H2. The maximum atomic E-state index is 10.6. The van der Waals surface area contributed by atoms with E-state index in [1.807, 2.05) is 18.2 Å². The summed E-state index contributed by atoms with van der Waals surface area (Å²) in [6.07, 6.45) is 0.740. The summed E-state index contributed by atoms with van der Waals surface area (Å²) in [4.78, 5) is 4.67. The van der Waals surface area contributed by atoms with Gasteiger partial charge in [-0.2, -0.15) is 0 Å². The van der Waals surface area contributed by atoms with Crippen molar-refractivity contribution in [1.29, 1.82) is 0 Å². The number of para-hydroxylation sites is 1. The molecule has 2 aromatic carbocycles. The Labute approximate surface area is 149 Å². The molecule has 0 spiro atoms. The van der Waals surface area contributed by atoms with Crippen LogP contribution >= 0.6 is 0 Å². The fourth-order valence-electron chi connectivity index (χ4n) is 3.90. The van der Waals surface area contributed by atoms with Gasteiger partial charge in [0.25, 0.3) is 0 Å². The van der Waals surface area contributed by atoms with Crippen LogP contribution in [-0.2, 0) is 19.5 Å². The van der Waals surface area contributed by atoms with Gasteiger partial charge in [0.1, 0.15) is 12.4 Å². The molecule has 0 aromatic heterocycles. The van der Waals surface area contributed by atoms with E-state index in [9.17, 15) is 5.11 Å². The predicted octanol–water partition coefficient (Wildman–Crippen LogP) is 2.30. The summed E-state index contributed by atoms with van der Waals surface area (Å²) in [5.74, 6) is 0.979. The van der Waals surface area contributed by atoms with Crippen LogP contribution in [0.1, 0.15) is 16.7 Å². The van der Waals surface area contributed by atoms with Crippen molar-refractivity contribution >= 4 is 0 Å². The molecule has 4 heteroatoms. The third kappa shape index (κ3) is 4.03. The Morgan fingerprint density at radius 1 is 0.840 bits per heavy atom. The third-order valence-corrected chi connectivity index (χ3v) is 5.18. The smallest absolute Gasteiger partial charge is 0.123 e. The fourth-order valence-corrected chi connectivity index (χ4v) is 3.90. The quantitative estimate of drug-likeness (QED) is 0.928. The molecule has 0 saturated carbocycles. The summed E-state index contributed by atoms with van der Waals surface area (Å²) in [5.41, 5.74) is 4.06. The van der Waals surface area contributed by atoms with Crippen molar-refractivity contribution in [2.75, 3.05) is 32.8 Å². The van der Waals surface area contributed by atoms with E-state index in [1.165, 1.54) is 16.7 Å². The first-order chi connectivity index (χ1) is 12.3. The van der Waals surface area contributed by atoms with Crippen molar-refractivity contribution < 1.29 is 9.84 Å². The van der Waals surface area contributed by atoms with E-state index in [2.05, 4.69) is 40.1 Å². The number of rotatable bonds is 4. The second-order valence-electron chi connectivity index (χ2n) is 7.10. The lowest BCUT2D eigenvalue weighted by molar-refractivity contribution is 0.0648. The van der Waals surface area contributed by atoms with E-state index in [-0.39, 0.29) is 6.10 Å². The zero-order chi connectivity index (χ0) is 17.1. The van der Waals surface area contributed by atoms with E-state index in [1.54, 1.807) is 0 Å². The van der Waals surface area contributed by atoms with Gasteiger partial charge in [-0.15, -0.1) is 0 Å². The average molecular weight is 338 g/mol. The zero-order valence-corrected chi connectivity index (χ0v) is 14.6. The second kappa shape index (κ2) is 7.56. The Morgan fingerprint density at radius 3 is 2.32 bits per heavy atom. The highest BCUT2D eigenvalue weighted by Gasteiger charge is 2.21. The van der Waals surface area contributed by atoms with Crippen LogP contribution in [0, 0.1) is 0 Å². The van der Waals surface area contributed by atoms with Crippen LogP contribution in [0.3, 0.4) is 0 Å². The number of hydrogen-bond acceptors (Lipinski definition) is 4. The Balaban J connectivity index is 1.33. The van der Waals surface area contributed by atoms with Crippen LogP contribution in [0.25, 0.3) is 0 Å². The van der Waals surface area contributed by atoms with Crippen LogP contribution < -0.4 is 4.74 Å².